The molecule has 202 valence electrons. The minimum absolute atomic E-state index is 0.111. The highest BCUT2D eigenvalue weighted by atomic mass is 32.2. The second-order valence-corrected chi connectivity index (χ2v) is 10.2. The van der Waals surface area contributed by atoms with Gasteiger partial charge < -0.3 is 0 Å². The van der Waals surface area contributed by atoms with E-state index in [0.717, 1.165) is 39.8 Å². The molecule has 0 saturated heterocycles. The molecule has 39 heavy (non-hydrogen) atoms. The molecule has 2 aromatic carbocycles. The van der Waals surface area contributed by atoms with Gasteiger partial charge in [0.05, 0.1) is 64.9 Å². The van der Waals surface area contributed by atoms with Crippen molar-refractivity contribution in [1.29, 1.82) is 5.26 Å². The normalized spacial score (nSPS) is 12.7. The molecular formula is C25H20F3N5O5S. The maximum Gasteiger partial charge on any atom is 0.416 e. The highest BCUT2D eigenvalue weighted by Gasteiger charge is 2.31. The first-order valence-corrected chi connectivity index (χ1v) is 13.1. The average Bonchev–Trinajstić information content (AvgIpc) is 3.36. The van der Waals surface area contributed by atoms with Gasteiger partial charge in [0.25, 0.3) is 15.7 Å². The lowest BCUT2D eigenvalue weighted by Gasteiger charge is -2.19. The Morgan fingerprint density at radius 2 is 1.77 bits per heavy atom. The number of hydrogen-bond acceptors (Lipinski definition) is 7. The van der Waals surface area contributed by atoms with Gasteiger partial charge in [-0.25, -0.2) is 9.48 Å². The third kappa shape index (κ3) is 5.84. The summed E-state index contributed by atoms with van der Waals surface area (Å²) in [6.07, 6.45) is -1.40. The van der Waals surface area contributed by atoms with E-state index >= 15 is 0 Å². The van der Waals surface area contributed by atoms with Crippen molar-refractivity contribution in [1.82, 2.24) is 18.9 Å². The van der Waals surface area contributed by atoms with Crippen LogP contribution in [0.2, 0.25) is 0 Å². The first kappa shape index (κ1) is 27.6. The number of nitriles is 1. The summed E-state index contributed by atoms with van der Waals surface area (Å²) in [5.74, 6) is 0. The molecule has 0 fully saturated rings. The SMILES string of the molecule is C[C@H](COS(C)(=O)=O)n1c(=O)c(-c2ccnn2-c2ccc(C#N)cc2)cn(-c2cccc(C(F)(F)F)c2)c1=O. The summed E-state index contributed by atoms with van der Waals surface area (Å²) in [6, 6.07) is 12.6. The lowest BCUT2D eigenvalue weighted by Crippen LogP contribution is -2.43. The van der Waals surface area contributed by atoms with E-state index in [1.807, 2.05) is 6.07 Å². The van der Waals surface area contributed by atoms with Crippen molar-refractivity contribution < 1.29 is 25.8 Å². The predicted octanol–water partition coefficient (Wildman–Crippen LogP) is 3.28. The maximum atomic E-state index is 13.6. The van der Waals surface area contributed by atoms with Crippen LogP contribution in [-0.4, -0.2) is 40.2 Å². The van der Waals surface area contributed by atoms with Gasteiger partial charge in [-0.05, 0) is 55.5 Å². The monoisotopic (exact) mass is 559 g/mol. The van der Waals surface area contributed by atoms with Crippen LogP contribution in [0, 0.1) is 11.3 Å². The number of hydrogen-bond donors (Lipinski definition) is 0. The Morgan fingerprint density at radius 1 is 1.08 bits per heavy atom. The summed E-state index contributed by atoms with van der Waals surface area (Å²) in [5, 5.41) is 13.3. The lowest BCUT2D eigenvalue weighted by molar-refractivity contribution is -0.137. The highest BCUT2D eigenvalue weighted by Crippen LogP contribution is 2.30. The van der Waals surface area contributed by atoms with Crippen molar-refractivity contribution >= 4 is 10.1 Å². The molecule has 0 spiro atoms. The molecule has 10 nitrogen and oxygen atoms in total. The minimum atomic E-state index is -4.69. The van der Waals surface area contributed by atoms with E-state index in [1.165, 1.54) is 42.1 Å². The van der Waals surface area contributed by atoms with E-state index in [-0.39, 0.29) is 16.9 Å². The van der Waals surface area contributed by atoms with Crippen LogP contribution in [0.3, 0.4) is 0 Å². The quantitative estimate of drug-likeness (QED) is 0.318. The largest absolute Gasteiger partial charge is 0.416 e. The molecule has 2 aromatic heterocycles. The fraction of sp³-hybridized carbons (Fsp3) is 0.200. The van der Waals surface area contributed by atoms with E-state index in [0.29, 0.717) is 11.3 Å². The summed E-state index contributed by atoms with van der Waals surface area (Å²) in [7, 11) is -3.93. The third-order valence-corrected chi connectivity index (χ3v) is 6.26. The van der Waals surface area contributed by atoms with Crippen LogP contribution in [-0.2, 0) is 20.5 Å². The third-order valence-electron chi connectivity index (χ3n) is 5.69. The second kappa shape index (κ2) is 10.4. The minimum Gasteiger partial charge on any atom is -0.268 e. The van der Waals surface area contributed by atoms with Crippen LogP contribution in [0.4, 0.5) is 13.2 Å². The number of benzene rings is 2. The van der Waals surface area contributed by atoms with E-state index in [4.69, 9.17) is 9.44 Å². The highest BCUT2D eigenvalue weighted by molar-refractivity contribution is 7.85. The fourth-order valence-electron chi connectivity index (χ4n) is 3.84. The van der Waals surface area contributed by atoms with E-state index in [2.05, 4.69) is 5.10 Å². The number of rotatable bonds is 7. The molecule has 2 heterocycles. The Hall–Kier alpha value is -4.48. The topological polar surface area (TPSA) is 129 Å². The smallest absolute Gasteiger partial charge is 0.268 e. The van der Waals surface area contributed by atoms with Gasteiger partial charge in [0.2, 0.25) is 0 Å². The van der Waals surface area contributed by atoms with Crippen molar-refractivity contribution in [2.75, 3.05) is 12.9 Å². The summed E-state index contributed by atoms with van der Waals surface area (Å²) in [4.78, 5) is 27.1. The molecule has 0 aliphatic rings. The van der Waals surface area contributed by atoms with Crippen molar-refractivity contribution in [2.24, 2.45) is 0 Å². The maximum absolute atomic E-state index is 13.6. The number of aromatic nitrogens is 4. The Bertz CT molecular complexity index is 1800. The molecular weight excluding hydrogens is 539 g/mol. The Morgan fingerprint density at radius 3 is 2.38 bits per heavy atom. The molecule has 4 aromatic rings. The standard InChI is InChI=1S/C25H20F3N5O5S/c1-16(15-38-39(2,36)37)32-23(34)21(22-10-11-30-33(22)19-8-6-17(13-29)7-9-19)14-31(24(32)35)20-5-3-4-18(12-20)25(26,27)28/h3-12,14,16H,15H2,1-2H3/t16-/m1/s1. The first-order valence-electron chi connectivity index (χ1n) is 11.3. The molecule has 0 aliphatic heterocycles. The zero-order chi connectivity index (χ0) is 28.5. The van der Waals surface area contributed by atoms with E-state index in [1.54, 1.807) is 12.1 Å². The van der Waals surface area contributed by atoms with Gasteiger partial charge in [0.1, 0.15) is 0 Å². The first-order chi connectivity index (χ1) is 18.3. The van der Waals surface area contributed by atoms with Gasteiger partial charge in [-0.1, -0.05) is 6.07 Å². The molecule has 0 bridgehead atoms. The van der Waals surface area contributed by atoms with Gasteiger partial charge in [-0.3, -0.25) is 18.1 Å². The van der Waals surface area contributed by atoms with Crippen LogP contribution in [0.1, 0.15) is 24.1 Å². The molecule has 14 heteroatoms. The molecule has 4 rings (SSSR count). The Balaban J connectivity index is 1.97. The van der Waals surface area contributed by atoms with Crippen LogP contribution in [0.25, 0.3) is 22.6 Å². The van der Waals surface area contributed by atoms with Gasteiger partial charge in [0.15, 0.2) is 0 Å². The zero-order valence-electron chi connectivity index (χ0n) is 20.5. The van der Waals surface area contributed by atoms with Crippen LogP contribution < -0.4 is 11.2 Å². The summed E-state index contributed by atoms with van der Waals surface area (Å²) >= 11 is 0. The molecule has 0 radical (unpaired) electrons. The summed E-state index contributed by atoms with van der Waals surface area (Å²) in [6.45, 7) is 0.793. The molecule has 1 atom stereocenters. The Kier molecular flexibility index (Phi) is 7.31. The summed E-state index contributed by atoms with van der Waals surface area (Å²) < 4.78 is 71.0. The average molecular weight is 560 g/mol. The van der Waals surface area contributed by atoms with Crippen LogP contribution >= 0.6 is 0 Å². The molecule has 0 saturated carbocycles. The van der Waals surface area contributed by atoms with Crippen molar-refractivity contribution in [3.8, 4) is 28.7 Å². The van der Waals surface area contributed by atoms with Gasteiger partial charge in [-0.15, -0.1) is 0 Å². The number of halogens is 3. The number of nitrogens with zero attached hydrogens (tertiary/aromatic N) is 5. The lowest BCUT2D eigenvalue weighted by atomic mass is 10.1. The molecule has 0 N–H and O–H groups in total. The van der Waals surface area contributed by atoms with Gasteiger partial charge in [-0.2, -0.15) is 31.9 Å². The van der Waals surface area contributed by atoms with Gasteiger partial charge in [0, 0.05) is 6.20 Å². The molecule has 0 unspecified atom stereocenters. The number of alkyl halides is 3. The van der Waals surface area contributed by atoms with Crippen molar-refractivity contribution in [3.05, 3.63) is 99.0 Å². The molecule has 0 amide bonds. The van der Waals surface area contributed by atoms with Crippen molar-refractivity contribution in [2.45, 2.75) is 19.1 Å². The van der Waals surface area contributed by atoms with Crippen molar-refractivity contribution in [3.63, 3.8) is 0 Å². The summed E-state index contributed by atoms with van der Waals surface area (Å²) in [5.41, 5.74) is -2.11. The van der Waals surface area contributed by atoms with Crippen LogP contribution in [0.15, 0.2) is 76.6 Å². The fourth-order valence-corrected chi connectivity index (χ4v) is 4.28. The second-order valence-electron chi connectivity index (χ2n) is 8.54. The van der Waals surface area contributed by atoms with Crippen LogP contribution in [0.5, 0.6) is 0 Å². The predicted molar refractivity (Wildman–Crippen MR) is 134 cm³/mol. The Labute approximate surface area is 219 Å². The molecule has 0 aliphatic carbocycles. The van der Waals surface area contributed by atoms with Gasteiger partial charge >= 0.3 is 11.9 Å². The van der Waals surface area contributed by atoms with E-state index in [9.17, 15) is 31.2 Å². The zero-order valence-corrected chi connectivity index (χ0v) is 21.3. The van der Waals surface area contributed by atoms with E-state index < -0.39 is 45.8 Å².